The maximum atomic E-state index is 11.8. The molecule has 0 radical (unpaired) electrons. The van der Waals surface area contributed by atoms with Crippen LogP contribution in [0, 0.1) is 0 Å². The van der Waals surface area contributed by atoms with Crippen molar-refractivity contribution >= 4 is 17.5 Å². The van der Waals surface area contributed by atoms with E-state index in [1.165, 1.54) is 13.1 Å². The van der Waals surface area contributed by atoms with Crippen molar-refractivity contribution in [1.29, 1.82) is 0 Å². The van der Waals surface area contributed by atoms with Crippen molar-refractivity contribution in [2.24, 2.45) is 5.84 Å². The maximum Gasteiger partial charge on any atom is 0.252 e. The first-order valence-corrected chi connectivity index (χ1v) is 7.57. The Morgan fingerprint density at radius 2 is 1.75 bits per heavy atom. The van der Waals surface area contributed by atoms with Gasteiger partial charge in [-0.05, 0) is 19.1 Å². The number of pyridine rings is 1. The minimum absolute atomic E-state index is 0.0110. The highest BCUT2D eigenvalue weighted by Crippen LogP contribution is 2.02. The number of hydrogen-bond donors (Lipinski definition) is 3. The van der Waals surface area contributed by atoms with E-state index in [1.54, 1.807) is 12.1 Å². The average Bonchev–Trinajstić information content (AvgIpc) is 2.59. The number of ether oxygens (including phenoxy) is 3. The Morgan fingerprint density at radius 3 is 2.33 bits per heavy atom. The zero-order valence-corrected chi connectivity index (χ0v) is 13.7. The summed E-state index contributed by atoms with van der Waals surface area (Å²) in [5, 5.41) is 2.72. The summed E-state index contributed by atoms with van der Waals surface area (Å²) in [6.07, 6.45) is 1.44. The van der Waals surface area contributed by atoms with E-state index in [0.29, 0.717) is 51.0 Å². The van der Waals surface area contributed by atoms with Crippen LogP contribution >= 0.6 is 0 Å². The third-order valence-corrected chi connectivity index (χ3v) is 2.75. The summed E-state index contributed by atoms with van der Waals surface area (Å²) in [6.45, 7) is 3.98. The van der Waals surface area contributed by atoms with Crippen LogP contribution in [-0.2, 0) is 19.0 Å². The number of aromatic nitrogens is 1. The zero-order chi connectivity index (χ0) is 17.6. The molecule has 0 aromatic carbocycles. The van der Waals surface area contributed by atoms with Gasteiger partial charge < -0.3 is 25.0 Å². The Balaban J connectivity index is 1.96. The van der Waals surface area contributed by atoms with Gasteiger partial charge in [0.2, 0.25) is 0 Å². The van der Waals surface area contributed by atoms with Gasteiger partial charge in [0, 0.05) is 12.7 Å². The van der Waals surface area contributed by atoms with Crippen LogP contribution in [0.3, 0.4) is 0 Å². The lowest BCUT2D eigenvalue weighted by Gasteiger charge is -2.08. The van der Waals surface area contributed by atoms with Crippen molar-refractivity contribution in [2.75, 3.05) is 51.6 Å². The number of carbonyl (C=O) groups is 2. The van der Waals surface area contributed by atoms with Gasteiger partial charge in [0.05, 0.1) is 38.6 Å². The molecule has 0 saturated carbocycles. The van der Waals surface area contributed by atoms with Gasteiger partial charge in [-0.25, -0.2) is 10.8 Å². The minimum atomic E-state index is -0.228. The van der Waals surface area contributed by atoms with E-state index in [0.717, 1.165) is 0 Å². The van der Waals surface area contributed by atoms with Crippen molar-refractivity contribution in [2.45, 2.75) is 6.92 Å². The number of nitrogens with two attached hydrogens (primary N) is 1. The lowest BCUT2D eigenvalue weighted by molar-refractivity contribution is -0.122. The smallest absolute Gasteiger partial charge is 0.252 e. The van der Waals surface area contributed by atoms with E-state index in [-0.39, 0.29) is 18.3 Å². The third-order valence-electron chi connectivity index (χ3n) is 2.75. The van der Waals surface area contributed by atoms with Crippen molar-refractivity contribution in [1.82, 2.24) is 10.3 Å². The van der Waals surface area contributed by atoms with Crippen molar-refractivity contribution in [3.63, 3.8) is 0 Å². The maximum absolute atomic E-state index is 11.8. The molecule has 1 aromatic rings. The number of Topliss-reactive ketones (excluding diaryl/α,β-unsaturated/α-hetero) is 1. The number of ketones is 1. The highest BCUT2D eigenvalue weighted by molar-refractivity contribution is 5.94. The molecule has 0 spiro atoms. The number of carbonyl (C=O) groups excluding carboxylic acids is 2. The van der Waals surface area contributed by atoms with Gasteiger partial charge >= 0.3 is 0 Å². The second kappa shape index (κ2) is 12.4. The van der Waals surface area contributed by atoms with Crippen LogP contribution in [0.15, 0.2) is 18.3 Å². The Morgan fingerprint density at radius 1 is 1.08 bits per heavy atom. The second-order valence-corrected chi connectivity index (χ2v) is 4.81. The summed E-state index contributed by atoms with van der Waals surface area (Å²) < 4.78 is 15.6. The molecule has 1 aromatic heterocycles. The van der Waals surface area contributed by atoms with Gasteiger partial charge in [-0.1, -0.05) is 0 Å². The number of rotatable bonds is 13. The topological polar surface area (TPSA) is 125 Å². The molecule has 0 atom stereocenters. The first-order chi connectivity index (χ1) is 11.6. The fraction of sp³-hybridized carbons (Fsp3) is 0.533. The summed E-state index contributed by atoms with van der Waals surface area (Å²) in [5.74, 6) is 5.45. The lowest BCUT2D eigenvalue weighted by atomic mass is 10.2. The second-order valence-electron chi connectivity index (χ2n) is 4.81. The summed E-state index contributed by atoms with van der Waals surface area (Å²) in [6, 6.07) is 3.24. The average molecular weight is 340 g/mol. The number of hydrazine groups is 1. The number of nitrogens with one attached hydrogen (secondary N) is 2. The van der Waals surface area contributed by atoms with Crippen LogP contribution in [0.1, 0.15) is 17.3 Å². The molecule has 1 heterocycles. The number of nitrogen functional groups attached to an aromatic ring is 1. The molecule has 0 aliphatic rings. The van der Waals surface area contributed by atoms with Crippen LogP contribution < -0.4 is 16.6 Å². The quantitative estimate of drug-likeness (QED) is 0.255. The predicted octanol–water partition coefficient (Wildman–Crippen LogP) is -0.264. The van der Waals surface area contributed by atoms with Gasteiger partial charge in [-0.2, -0.15) is 0 Å². The SMILES string of the molecule is CC(=O)COCCOCCOCCNC(=O)c1ccc(NN)nc1. The van der Waals surface area contributed by atoms with Gasteiger partial charge in [0.25, 0.3) is 5.91 Å². The van der Waals surface area contributed by atoms with Gasteiger partial charge in [0.1, 0.15) is 12.4 Å². The van der Waals surface area contributed by atoms with Crippen LogP contribution in [0.25, 0.3) is 0 Å². The standard InChI is InChI=1S/C15H24N4O5/c1-12(20)11-24-9-8-23-7-6-22-5-4-17-15(21)13-2-3-14(19-16)18-10-13/h2-3,10H,4-9,11,16H2,1H3,(H,17,21)(H,18,19). The van der Waals surface area contributed by atoms with E-state index < -0.39 is 0 Å². The molecule has 0 fully saturated rings. The van der Waals surface area contributed by atoms with E-state index in [4.69, 9.17) is 20.1 Å². The van der Waals surface area contributed by atoms with Crippen molar-refractivity contribution in [3.8, 4) is 0 Å². The van der Waals surface area contributed by atoms with Gasteiger partial charge in [0.15, 0.2) is 5.78 Å². The zero-order valence-electron chi connectivity index (χ0n) is 13.7. The monoisotopic (exact) mass is 340 g/mol. The van der Waals surface area contributed by atoms with Crippen LogP contribution in [0.4, 0.5) is 5.82 Å². The number of anilines is 1. The molecule has 134 valence electrons. The molecule has 0 aliphatic carbocycles. The normalized spacial score (nSPS) is 10.4. The number of hydrogen-bond acceptors (Lipinski definition) is 8. The first kappa shape index (κ1) is 20.0. The Kier molecular flexibility index (Phi) is 10.3. The fourth-order valence-corrected chi connectivity index (χ4v) is 1.61. The molecule has 9 heteroatoms. The largest absolute Gasteiger partial charge is 0.377 e. The highest BCUT2D eigenvalue weighted by Gasteiger charge is 2.05. The molecule has 1 rings (SSSR count). The van der Waals surface area contributed by atoms with Crippen LogP contribution in [0.2, 0.25) is 0 Å². The molecular weight excluding hydrogens is 316 g/mol. The molecule has 0 bridgehead atoms. The molecule has 1 amide bonds. The molecule has 9 nitrogen and oxygen atoms in total. The Bertz CT molecular complexity index is 495. The molecule has 4 N–H and O–H groups in total. The first-order valence-electron chi connectivity index (χ1n) is 7.57. The van der Waals surface area contributed by atoms with Crippen molar-refractivity contribution in [3.05, 3.63) is 23.9 Å². The predicted molar refractivity (Wildman–Crippen MR) is 87.5 cm³/mol. The fourth-order valence-electron chi connectivity index (χ4n) is 1.61. The van der Waals surface area contributed by atoms with Crippen molar-refractivity contribution < 1.29 is 23.8 Å². The van der Waals surface area contributed by atoms with Crippen LogP contribution in [-0.4, -0.2) is 62.9 Å². The molecule has 0 unspecified atom stereocenters. The summed E-state index contributed by atoms with van der Waals surface area (Å²) in [7, 11) is 0. The van der Waals surface area contributed by atoms with E-state index in [2.05, 4.69) is 15.7 Å². The number of nitrogens with zero attached hydrogens (tertiary/aromatic N) is 1. The third kappa shape index (κ3) is 9.16. The Labute approximate surface area is 140 Å². The molecular formula is C15H24N4O5. The van der Waals surface area contributed by atoms with Gasteiger partial charge in [-0.3, -0.25) is 9.59 Å². The van der Waals surface area contributed by atoms with Gasteiger partial charge in [-0.15, -0.1) is 0 Å². The van der Waals surface area contributed by atoms with E-state index >= 15 is 0 Å². The molecule has 24 heavy (non-hydrogen) atoms. The summed E-state index contributed by atoms with van der Waals surface area (Å²) in [4.78, 5) is 26.4. The van der Waals surface area contributed by atoms with E-state index in [9.17, 15) is 9.59 Å². The number of amides is 1. The summed E-state index contributed by atoms with van der Waals surface area (Å²) in [5.41, 5.74) is 2.84. The molecule has 0 aliphatic heterocycles. The minimum Gasteiger partial charge on any atom is -0.377 e. The molecule has 0 saturated heterocycles. The van der Waals surface area contributed by atoms with E-state index in [1.807, 2.05) is 0 Å². The lowest BCUT2D eigenvalue weighted by Crippen LogP contribution is -2.27. The summed E-state index contributed by atoms with van der Waals surface area (Å²) >= 11 is 0. The highest BCUT2D eigenvalue weighted by atomic mass is 16.5. The Hall–Kier alpha value is -2.07. The van der Waals surface area contributed by atoms with Crippen LogP contribution in [0.5, 0.6) is 0 Å².